The maximum atomic E-state index is 5.39. The van der Waals surface area contributed by atoms with Gasteiger partial charge in [-0.05, 0) is 49.3 Å². The second kappa shape index (κ2) is 5.27. The molecule has 106 valence electrons. The summed E-state index contributed by atoms with van der Waals surface area (Å²) in [4.78, 5) is 6.95. The molecule has 2 unspecified atom stereocenters. The molecule has 2 fully saturated rings. The van der Waals surface area contributed by atoms with Crippen LogP contribution in [0.4, 0.5) is 0 Å². The first-order chi connectivity index (χ1) is 9.88. The van der Waals surface area contributed by atoms with Gasteiger partial charge in [0.1, 0.15) is 0 Å². The zero-order valence-electron chi connectivity index (χ0n) is 11.3. The van der Waals surface area contributed by atoms with Crippen LogP contribution < -0.4 is 5.32 Å². The summed E-state index contributed by atoms with van der Waals surface area (Å²) in [7, 11) is 0. The van der Waals surface area contributed by atoms with Gasteiger partial charge in [-0.1, -0.05) is 5.16 Å². The quantitative estimate of drug-likeness (QED) is 0.935. The van der Waals surface area contributed by atoms with Crippen molar-refractivity contribution in [1.29, 1.82) is 0 Å². The van der Waals surface area contributed by atoms with E-state index < -0.39 is 0 Å². The first kappa shape index (κ1) is 12.5. The lowest BCUT2D eigenvalue weighted by molar-refractivity contribution is 0.128. The smallest absolute Gasteiger partial charge is 0.241 e. The summed E-state index contributed by atoms with van der Waals surface area (Å²) in [5, 5.41) is 11.6. The minimum atomic E-state index is 0.707. The highest BCUT2D eigenvalue weighted by molar-refractivity contribution is 7.08. The number of thiophene rings is 1. The van der Waals surface area contributed by atoms with Crippen LogP contribution in [0.5, 0.6) is 0 Å². The Labute approximate surface area is 122 Å². The number of rotatable bonds is 3. The van der Waals surface area contributed by atoms with E-state index in [1.165, 1.54) is 13.0 Å². The Hall–Kier alpha value is -1.24. The summed E-state index contributed by atoms with van der Waals surface area (Å²) >= 11 is 1.65. The van der Waals surface area contributed by atoms with Gasteiger partial charge in [0, 0.05) is 17.5 Å². The van der Waals surface area contributed by atoms with Crippen molar-refractivity contribution in [3.63, 3.8) is 0 Å². The summed E-state index contributed by atoms with van der Waals surface area (Å²) in [6.45, 7) is 5.42. The van der Waals surface area contributed by atoms with E-state index >= 15 is 0 Å². The van der Waals surface area contributed by atoms with Crippen LogP contribution in [0.3, 0.4) is 0 Å². The van der Waals surface area contributed by atoms with Crippen molar-refractivity contribution in [2.45, 2.75) is 13.0 Å². The molecule has 1 N–H and O–H groups in total. The van der Waals surface area contributed by atoms with Gasteiger partial charge in [0.2, 0.25) is 11.7 Å². The molecule has 0 saturated carbocycles. The molecule has 0 aromatic carbocycles. The highest BCUT2D eigenvalue weighted by Gasteiger charge is 2.33. The summed E-state index contributed by atoms with van der Waals surface area (Å²) in [6.07, 6.45) is 1.28. The van der Waals surface area contributed by atoms with Crippen LogP contribution in [0.25, 0.3) is 11.4 Å². The van der Waals surface area contributed by atoms with E-state index in [4.69, 9.17) is 4.52 Å². The standard InChI is InChI=1S/C14H18N4OS/c1-3-18(7-12-6-15-5-10(1)12)8-13-16-14(17-19-13)11-2-4-20-9-11/h2,4,9-10,12,15H,1,3,5-8H2. The molecule has 0 radical (unpaired) electrons. The molecule has 2 aromatic heterocycles. The number of aromatic nitrogens is 2. The van der Waals surface area contributed by atoms with Crippen molar-refractivity contribution in [2.24, 2.45) is 11.8 Å². The largest absolute Gasteiger partial charge is 0.338 e. The molecular weight excluding hydrogens is 272 g/mol. The van der Waals surface area contributed by atoms with E-state index in [9.17, 15) is 0 Å². The predicted molar refractivity (Wildman–Crippen MR) is 77.4 cm³/mol. The Bertz CT molecular complexity index is 568. The number of hydrogen-bond acceptors (Lipinski definition) is 6. The minimum Gasteiger partial charge on any atom is -0.338 e. The Morgan fingerprint density at radius 1 is 1.40 bits per heavy atom. The predicted octanol–water partition coefficient (Wildman–Crippen LogP) is 1.84. The lowest BCUT2D eigenvalue weighted by atomic mass is 9.89. The molecule has 4 heterocycles. The zero-order chi connectivity index (χ0) is 13.4. The molecule has 6 heteroatoms. The molecule has 0 aliphatic carbocycles. The minimum absolute atomic E-state index is 0.707. The lowest BCUT2D eigenvalue weighted by Crippen LogP contribution is -2.39. The topological polar surface area (TPSA) is 54.2 Å². The summed E-state index contributed by atoms with van der Waals surface area (Å²) in [6, 6.07) is 2.02. The SMILES string of the molecule is c1cc(-c2noc(CN3CCC4CNCC4C3)n2)cs1. The number of hydrogen-bond donors (Lipinski definition) is 1. The average Bonchev–Trinajstić information content (AvgIpc) is 3.19. The molecule has 0 bridgehead atoms. The molecule has 2 aliphatic heterocycles. The molecule has 0 spiro atoms. The molecule has 2 atom stereocenters. The van der Waals surface area contributed by atoms with E-state index in [0.717, 1.165) is 49.5 Å². The fourth-order valence-electron chi connectivity index (χ4n) is 3.27. The van der Waals surface area contributed by atoms with Crippen LogP contribution >= 0.6 is 11.3 Å². The van der Waals surface area contributed by atoms with Crippen LogP contribution in [0, 0.1) is 11.8 Å². The van der Waals surface area contributed by atoms with Gasteiger partial charge in [0.15, 0.2) is 0 Å². The van der Waals surface area contributed by atoms with Crippen LogP contribution in [0.15, 0.2) is 21.3 Å². The fraction of sp³-hybridized carbons (Fsp3) is 0.571. The third-order valence-corrected chi connectivity index (χ3v) is 5.08. The van der Waals surface area contributed by atoms with E-state index in [1.54, 1.807) is 11.3 Å². The number of nitrogens with one attached hydrogen (secondary N) is 1. The number of fused-ring (bicyclic) bond motifs is 1. The van der Waals surface area contributed by atoms with E-state index in [1.807, 2.05) is 16.8 Å². The molecule has 2 aromatic rings. The molecule has 2 aliphatic rings. The summed E-state index contributed by atoms with van der Waals surface area (Å²) in [5.41, 5.74) is 1.05. The fourth-order valence-corrected chi connectivity index (χ4v) is 3.91. The first-order valence-electron chi connectivity index (χ1n) is 7.17. The molecule has 5 nitrogen and oxygen atoms in total. The van der Waals surface area contributed by atoms with E-state index in [0.29, 0.717) is 5.82 Å². The van der Waals surface area contributed by atoms with Crippen molar-refractivity contribution in [3.8, 4) is 11.4 Å². The van der Waals surface area contributed by atoms with Crippen LogP contribution in [-0.4, -0.2) is 41.2 Å². The van der Waals surface area contributed by atoms with Crippen molar-refractivity contribution in [3.05, 3.63) is 22.7 Å². The van der Waals surface area contributed by atoms with Crippen molar-refractivity contribution >= 4 is 11.3 Å². The van der Waals surface area contributed by atoms with Crippen molar-refractivity contribution in [1.82, 2.24) is 20.4 Å². The van der Waals surface area contributed by atoms with Crippen molar-refractivity contribution in [2.75, 3.05) is 26.2 Å². The van der Waals surface area contributed by atoms with Crippen LogP contribution in [0.1, 0.15) is 12.3 Å². The van der Waals surface area contributed by atoms with Gasteiger partial charge in [-0.2, -0.15) is 16.3 Å². The van der Waals surface area contributed by atoms with Crippen LogP contribution in [-0.2, 0) is 6.54 Å². The summed E-state index contributed by atoms with van der Waals surface area (Å²) < 4.78 is 5.39. The second-order valence-corrected chi connectivity index (χ2v) is 6.51. The van der Waals surface area contributed by atoms with Gasteiger partial charge in [-0.15, -0.1) is 0 Å². The Kier molecular flexibility index (Phi) is 3.29. The number of nitrogens with zero attached hydrogens (tertiary/aromatic N) is 3. The van der Waals surface area contributed by atoms with Gasteiger partial charge in [0.25, 0.3) is 0 Å². The third-order valence-electron chi connectivity index (χ3n) is 4.39. The van der Waals surface area contributed by atoms with Gasteiger partial charge < -0.3 is 9.84 Å². The first-order valence-corrected chi connectivity index (χ1v) is 8.11. The monoisotopic (exact) mass is 290 g/mol. The normalized spacial score (nSPS) is 26.8. The Morgan fingerprint density at radius 2 is 2.35 bits per heavy atom. The molecule has 0 amide bonds. The molecular formula is C14H18N4OS. The highest BCUT2D eigenvalue weighted by atomic mass is 32.1. The van der Waals surface area contributed by atoms with E-state index in [-0.39, 0.29) is 0 Å². The molecule has 20 heavy (non-hydrogen) atoms. The van der Waals surface area contributed by atoms with E-state index in [2.05, 4.69) is 20.4 Å². The maximum Gasteiger partial charge on any atom is 0.241 e. The van der Waals surface area contributed by atoms with Gasteiger partial charge >= 0.3 is 0 Å². The Morgan fingerprint density at radius 3 is 3.25 bits per heavy atom. The number of likely N-dealkylation sites (tertiary alicyclic amines) is 1. The van der Waals surface area contributed by atoms with Gasteiger partial charge in [-0.3, -0.25) is 4.90 Å². The number of piperidine rings is 1. The van der Waals surface area contributed by atoms with Crippen molar-refractivity contribution < 1.29 is 4.52 Å². The Balaban J connectivity index is 1.42. The van der Waals surface area contributed by atoms with Crippen LogP contribution in [0.2, 0.25) is 0 Å². The van der Waals surface area contributed by atoms with Gasteiger partial charge in [-0.25, -0.2) is 0 Å². The average molecular weight is 290 g/mol. The summed E-state index contributed by atoms with van der Waals surface area (Å²) in [5.74, 6) is 3.10. The molecule has 4 rings (SSSR count). The second-order valence-electron chi connectivity index (χ2n) is 5.73. The van der Waals surface area contributed by atoms with Gasteiger partial charge in [0.05, 0.1) is 6.54 Å². The maximum absolute atomic E-state index is 5.39. The highest BCUT2D eigenvalue weighted by Crippen LogP contribution is 2.27. The third kappa shape index (κ3) is 2.39. The zero-order valence-corrected chi connectivity index (χ0v) is 12.1. The lowest BCUT2D eigenvalue weighted by Gasteiger charge is -2.33. The molecule has 2 saturated heterocycles.